The minimum absolute atomic E-state index is 0.150. The third kappa shape index (κ3) is 10.1. The van der Waals surface area contributed by atoms with Crippen LogP contribution in [-0.2, 0) is 16.1 Å². The first-order chi connectivity index (χ1) is 16.5. The maximum Gasteiger partial charge on any atom is 0.408 e. The van der Waals surface area contributed by atoms with Crippen molar-refractivity contribution in [3.05, 3.63) is 47.5 Å². The van der Waals surface area contributed by atoms with Crippen LogP contribution in [0.2, 0.25) is 0 Å². The summed E-state index contributed by atoms with van der Waals surface area (Å²) in [6.45, 7) is 5.51. The van der Waals surface area contributed by atoms with Crippen LogP contribution in [0.1, 0.15) is 66.8 Å². The molecular formula is C22H29N7O6. The number of benzene rings is 1. The number of carboxylic acid groups (broad SMARTS) is 1. The molecule has 0 fully saturated rings. The molecule has 1 unspecified atom stereocenters. The fourth-order valence-corrected chi connectivity index (χ4v) is 2.73. The molecule has 2 aromatic rings. The fourth-order valence-electron chi connectivity index (χ4n) is 2.73. The number of amides is 3. The molecule has 0 spiro atoms. The van der Waals surface area contributed by atoms with Crippen LogP contribution < -0.4 is 16.0 Å². The smallest absolute Gasteiger partial charge is 0.408 e. The van der Waals surface area contributed by atoms with Crippen LogP contribution in [0.15, 0.2) is 30.3 Å². The highest BCUT2D eigenvalue weighted by Crippen LogP contribution is 2.08. The zero-order chi connectivity index (χ0) is 25.8. The van der Waals surface area contributed by atoms with Gasteiger partial charge in [-0.2, -0.15) is 0 Å². The van der Waals surface area contributed by atoms with Crippen molar-refractivity contribution >= 4 is 23.9 Å². The third-order valence-corrected chi connectivity index (χ3v) is 4.38. The van der Waals surface area contributed by atoms with Gasteiger partial charge in [-0.05, 0) is 45.6 Å². The SMILES string of the molecule is CC(C)(C)OC(=O)NC(CCCCNC(=O)c1nnc(C(=O)NCc2ccccc2)nn1)C(=O)O. The minimum Gasteiger partial charge on any atom is -0.480 e. The van der Waals surface area contributed by atoms with Crippen LogP contribution in [0, 0.1) is 0 Å². The molecule has 0 saturated carbocycles. The van der Waals surface area contributed by atoms with Gasteiger partial charge in [0.05, 0.1) is 0 Å². The van der Waals surface area contributed by atoms with Crippen molar-refractivity contribution in [1.82, 2.24) is 36.3 Å². The van der Waals surface area contributed by atoms with E-state index < -0.39 is 35.5 Å². The molecule has 1 aromatic heterocycles. The number of hydrogen-bond acceptors (Lipinski definition) is 9. The number of aromatic nitrogens is 4. The molecule has 1 atom stereocenters. The van der Waals surface area contributed by atoms with E-state index in [4.69, 9.17) is 4.74 Å². The lowest BCUT2D eigenvalue weighted by Crippen LogP contribution is -2.43. The first-order valence-corrected chi connectivity index (χ1v) is 10.9. The van der Waals surface area contributed by atoms with Crippen LogP contribution in [0.3, 0.4) is 0 Å². The maximum atomic E-state index is 12.1. The number of unbranched alkanes of at least 4 members (excludes halogenated alkanes) is 1. The Morgan fingerprint density at radius 1 is 0.914 bits per heavy atom. The molecule has 35 heavy (non-hydrogen) atoms. The van der Waals surface area contributed by atoms with E-state index in [1.807, 2.05) is 30.3 Å². The van der Waals surface area contributed by atoms with Crippen molar-refractivity contribution in [3.8, 4) is 0 Å². The highest BCUT2D eigenvalue weighted by Gasteiger charge is 2.23. The normalized spacial score (nSPS) is 11.7. The van der Waals surface area contributed by atoms with Gasteiger partial charge in [0.1, 0.15) is 11.6 Å². The van der Waals surface area contributed by atoms with Gasteiger partial charge in [-0.25, -0.2) is 9.59 Å². The minimum atomic E-state index is -1.18. The number of alkyl carbamates (subject to hydrolysis) is 1. The van der Waals surface area contributed by atoms with Gasteiger partial charge >= 0.3 is 12.1 Å². The van der Waals surface area contributed by atoms with Crippen LogP contribution in [-0.4, -0.2) is 67.6 Å². The molecular weight excluding hydrogens is 458 g/mol. The Labute approximate surface area is 202 Å². The first kappa shape index (κ1) is 27.1. The van der Waals surface area contributed by atoms with E-state index in [1.54, 1.807) is 20.8 Å². The first-order valence-electron chi connectivity index (χ1n) is 10.9. The summed E-state index contributed by atoms with van der Waals surface area (Å²) >= 11 is 0. The number of hydrogen-bond donors (Lipinski definition) is 4. The average molecular weight is 488 g/mol. The van der Waals surface area contributed by atoms with E-state index in [2.05, 4.69) is 36.3 Å². The lowest BCUT2D eigenvalue weighted by Gasteiger charge is -2.22. The zero-order valence-corrected chi connectivity index (χ0v) is 19.8. The van der Waals surface area contributed by atoms with Gasteiger partial charge in [0.15, 0.2) is 0 Å². The van der Waals surface area contributed by atoms with Crippen molar-refractivity contribution in [3.63, 3.8) is 0 Å². The molecule has 1 aromatic carbocycles. The number of rotatable bonds is 11. The molecule has 0 bridgehead atoms. The highest BCUT2D eigenvalue weighted by atomic mass is 16.6. The van der Waals surface area contributed by atoms with E-state index in [-0.39, 0.29) is 31.2 Å². The lowest BCUT2D eigenvalue weighted by molar-refractivity contribution is -0.139. The lowest BCUT2D eigenvalue weighted by atomic mass is 10.1. The maximum absolute atomic E-state index is 12.1. The van der Waals surface area contributed by atoms with Crippen molar-refractivity contribution < 1.29 is 29.0 Å². The molecule has 13 heteroatoms. The molecule has 13 nitrogen and oxygen atoms in total. The van der Waals surface area contributed by atoms with E-state index in [0.29, 0.717) is 12.8 Å². The Bertz CT molecular complexity index is 1010. The second-order valence-electron chi connectivity index (χ2n) is 8.50. The highest BCUT2D eigenvalue weighted by molar-refractivity contribution is 5.91. The molecule has 2 rings (SSSR count). The Kier molecular flexibility index (Phi) is 9.99. The number of ether oxygens (including phenoxy) is 1. The topological polar surface area (TPSA) is 185 Å². The summed E-state index contributed by atoms with van der Waals surface area (Å²) < 4.78 is 5.06. The molecule has 0 aliphatic heterocycles. The predicted molar refractivity (Wildman–Crippen MR) is 122 cm³/mol. The Hall–Kier alpha value is -4.16. The molecule has 0 aliphatic carbocycles. The Morgan fingerprint density at radius 2 is 1.49 bits per heavy atom. The fraction of sp³-hybridized carbons (Fsp3) is 0.455. The summed E-state index contributed by atoms with van der Waals surface area (Å²) in [7, 11) is 0. The van der Waals surface area contributed by atoms with Crippen LogP contribution in [0.25, 0.3) is 0 Å². The largest absolute Gasteiger partial charge is 0.480 e. The van der Waals surface area contributed by atoms with Gasteiger partial charge in [-0.3, -0.25) is 9.59 Å². The summed E-state index contributed by atoms with van der Waals surface area (Å²) in [4.78, 5) is 47.3. The van der Waals surface area contributed by atoms with E-state index in [1.165, 1.54) is 0 Å². The monoisotopic (exact) mass is 487 g/mol. The number of carboxylic acids is 1. The Balaban J connectivity index is 1.72. The molecule has 0 radical (unpaired) electrons. The van der Waals surface area contributed by atoms with E-state index in [0.717, 1.165) is 5.56 Å². The third-order valence-electron chi connectivity index (χ3n) is 4.38. The quantitative estimate of drug-likeness (QED) is 0.334. The van der Waals surface area contributed by atoms with Gasteiger partial charge < -0.3 is 25.8 Å². The number of nitrogens with one attached hydrogen (secondary N) is 3. The number of aliphatic carboxylic acids is 1. The second kappa shape index (κ2) is 12.9. The summed E-state index contributed by atoms with van der Waals surface area (Å²) in [6, 6.07) is 8.15. The van der Waals surface area contributed by atoms with Gasteiger partial charge in [0.25, 0.3) is 23.5 Å². The zero-order valence-electron chi connectivity index (χ0n) is 19.8. The molecule has 0 aliphatic rings. The van der Waals surface area contributed by atoms with E-state index in [9.17, 15) is 24.3 Å². The molecule has 3 amide bonds. The standard InChI is InChI=1S/C22H29N7O6/c1-22(2,3)35-21(34)25-15(20(32)33)11-7-8-12-23-18(30)16-26-28-17(29-27-16)19(31)24-13-14-9-5-4-6-10-14/h4-6,9-10,15H,7-8,11-13H2,1-3H3,(H,23,30)(H,24,31)(H,25,34)(H,32,33). The molecule has 1 heterocycles. The van der Waals surface area contributed by atoms with Gasteiger partial charge in [0, 0.05) is 13.1 Å². The van der Waals surface area contributed by atoms with Gasteiger partial charge in [-0.15, -0.1) is 20.4 Å². The van der Waals surface area contributed by atoms with Crippen LogP contribution in [0.5, 0.6) is 0 Å². The second-order valence-corrected chi connectivity index (χ2v) is 8.50. The van der Waals surface area contributed by atoms with Crippen LogP contribution in [0.4, 0.5) is 4.79 Å². The van der Waals surface area contributed by atoms with Gasteiger partial charge in [-0.1, -0.05) is 30.3 Å². The predicted octanol–water partition coefficient (Wildman–Crippen LogP) is 1.07. The molecule has 4 N–H and O–H groups in total. The van der Waals surface area contributed by atoms with Crippen LogP contribution >= 0.6 is 0 Å². The average Bonchev–Trinajstić information content (AvgIpc) is 2.81. The number of carbonyl (C=O) groups is 4. The van der Waals surface area contributed by atoms with Crippen molar-refractivity contribution in [2.75, 3.05) is 6.54 Å². The number of carbonyl (C=O) groups excluding carboxylic acids is 3. The van der Waals surface area contributed by atoms with Crippen molar-refractivity contribution in [2.45, 2.75) is 58.2 Å². The summed E-state index contributed by atoms with van der Waals surface area (Å²) in [5, 5.41) is 31.3. The summed E-state index contributed by atoms with van der Waals surface area (Å²) in [6.07, 6.45) is 0.182. The number of nitrogens with zero attached hydrogens (tertiary/aromatic N) is 4. The van der Waals surface area contributed by atoms with Crippen molar-refractivity contribution in [1.29, 1.82) is 0 Å². The van der Waals surface area contributed by atoms with E-state index >= 15 is 0 Å². The Morgan fingerprint density at radius 3 is 2.03 bits per heavy atom. The molecule has 188 valence electrons. The molecule has 0 saturated heterocycles. The van der Waals surface area contributed by atoms with Crippen molar-refractivity contribution in [2.24, 2.45) is 0 Å². The van der Waals surface area contributed by atoms with Gasteiger partial charge in [0.2, 0.25) is 0 Å². The summed E-state index contributed by atoms with van der Waals surface area (Å²) in [5.74, 6) is -2.97. The summed E-state index contributed by atoms with van der Waals surface area (Å²) in [5.41, 5.74) is 0.154.